The molecule has 0 aliphatic heterocycles. The van der Waals surface area contributed by atoms with Crippen molar-refractivity contribution in [3.05, 3.63) is 11.9 Å². The number of nitrogens with one attached hydrogen (secondary N) is 2. The minimum Gasteiger partial charge on any atom is -0.374 e. The average Bonchev–Trinajstić information content (AvgIpc) is 2.36. The van der Waals surface area contributed by atoms with Gasteiger partial charge in [0.2, 0.25) is 0 Å². The number of aromatic nitrogens is 2. The number of rotatable bonds is 8. The van der Waals surface area contributed by atoms with Crippen molar-refractivity contribution in [3.8, 4) is 0 Å². The quantitative estimate of drug-likeness (QED) is 0.755. The van der Waals surface area contributed by atoms with Crippen LogP contribution in [0.4, 0.5) is 11.6 Å². The molecule has 2 N–H and O–H groups in total. The van der Waals surface area contributed by atoms with Gasteiger partial charge in [0.15, 0.2) is 5.82 Å². The molecule has 0 radical (unpaired) electrons. The predicted octanol–water partition coefficient (Wildman–Crippen LogP) is 2.22. The minimum absolute atomic E-state index is 0.375. The molecule has 1 rings (SSSR count). The maximum absolute atomic E-state index is 5.34. The van der Waals surface area contributed by atoms with Crippen LogP contribution in [-0.2, 0) is 11.3 Å². The molecule has 1 aromatic heterocycles. The fourth-order valence-corrected chi connectivity index (χ4v) is 2.08. The number of hydrogen-bond acceptors (Lipinski definition) is 6. The summed E-state index contributed by atoms with van der Waals surface area (Å²) in [6.07, 6.45) is 2.09. The van der Waals surface area contributed by atoms with Crippen molar-refractivity contribution in [3.63, 3.8) is 0 Å². The Labute approximate surface area is 113 Å². The summed E-state index contributed by atoms with van der Waals surface area (Å²) in [5.74, 6) is 3.38. The van der Waals surface area contributed by atoms with Crippen molar-refractivity contribution in [2.75, 3.05) is 36.3 Å². The second kappa shape index (κ2) is 8.16. The van der Waals surface area contributed by atoms with Gasteiger partial charge in [-0.3, -0.25) is 0 Å². The van der Waals surface area contributed by atoms with Gasteiger partial charge < -0.3 is 15.4 Å². The lowest BCUT2D eigenvalue weighted by atomic mass is 10.4. The van der Waals surface area contributed by atoms with Gasteiger partial charge in [-0.15, -0.1) is 0 Å². The largest absolute Gasteiger partial charge is 0.374 e. The molecule has 0 aromatic carbocycles. The molecule has 0 fully saturated rings. The third kappa shape index (κ3) is 5.10. The van der Waals surface area contributed by atoms with Crippen LogP contribution in [0.3, 0.4) is 0 Å². The summed E-state index contributed by atoms with van der Waals surface area (Å²) in [5.41, 5.74) is 0. The molecule has 18 heavy (non-hydrogen) atoms. The Morgan fingerprint density at radius 3 is 2.72 bits per heavy atom. The van der Waals surface area contributed by atoms with Gasteiger partial charge in [0.05, 0.1) is 0 Å². The van der Waals surface area contributed by atoms with Crippen LogP contribution in [0.1, 0.15) is 19.7 Å². The van der Waals surface area contributed by atoms with E-state index in [0.29, 0.717) is 25.1 Å². The highest BCUT2D eigenvalue weighted by Gasteiger charge is 2.06. The highest BCUT2D eigenvalue weighted by atomic mass is 32.2. The average molecular weight is 270 g/mol. The van der Waals surface area contributed by atoms with E-state index in [0.717, 1.165) is 17.4 Å². The standard InChI is InChI=1S/C12H22N4OS/c1-5-17-7-12-15-10(13-3)6-11(16-12)14-9(2)8-18-4/h6,9H,5,7-8H2,1-4H3,(H2,13,14,15,16). The van der Waals surface area contributed by atoms with E-state index in [4.69, 9.17) is 4.74 Å². The first-order valence-electron chi connectivity index (χ1n) is 6.08. The van der Waals surface area contributed by atoms with E-state index in [-0.39, 0.29) is 0 Å². The molecule has 1 atom stereocenters. The Bertz CT molecular complexity index is 362. The monoisotopic (exact) mass is 270 g/mol. The third-order valence-electron chi connectivity index (χ3n) is 2.27. The second-order valence-electron chi connectivity index (χ2n) is 3.94. The van der Waals surface area contributed by atoms with Gasteiger partial charge in [0.25, 0.3) is 0 Å². The SMILES string of the molecule is CCOCc1nc(NC)cc(NC(C)CSC)n1. The molecule has 1 unspecified atom stereocenters. The lowest BCUT2D eigenvalue weighted by Gasteiger charge is -2.14. The number of anilines is 2. The zero-order valence-electron chi connectivity index (χ0n) is 11.5. The Balaban J connectivity index is 2.76. The first-order chi connectivity index (χ1) is 8.69. The summed E-state index contributed by atoms with van der Waals surface area (Å²) < 4.78 is 5.34. The lowest BCUT2D eigenvalue weighted by Crippen LogP contribution is -2.19. The predicted molar refractivity (Wildman–Crippen MR) is 78.4 cm³/mol. The van der Waals surface area contributed by atoms with Crippen LogP contribution < -0.4 is 10.6 Å². The van der Waals surface area contributed by atoms with Crippen molar-refractivity contribution in [2.24, 2.45) is 0 Å². The Morgan fingerprint density at radius 1 is 1.39 bits per heavy atom. The van der Waals surface area contributed by atoms with Crippen LogP contribution in [0, 0.1) is 0 Å². The first kappa shape index (κ1) is 15.0. The van der Waals surface area contributed by atoms with E-state index in [1.807, 2.05) is 31.8 Å². The van der Waals surface area contributed by atoms with E-state index in [2.05, 4.69) is 33.8 Å². The number of hydrogen-bond donors (Lipinski definition) is 2. The van der Waals surface area contributed by atoms with Gasteiger partial charge in [-0.2, -0.15) is 11.8 Å². The van der Waals surface area contributed by atoms with Crippen LogP contribution in [0.15, 0.2) is 6.07 Å². The van der Waals surface area contributed by atoms with E-state index in [9.17, 15) is 0 Å². The fourth-order valence-electron chi connectivity index (χ4n) is 1.50. The molecule has 1 heterocycles. The van der Waals surface area contributed by atoms with Crippen LogP contribution in [0.2, 0.25) is 0 Å². The third-order valence-corrected chi connectivity index (χ3v) is 3.11. The molecule has 0 spiro atoms. The second-order valence-corrected chi connectivity index (χ2v) is 4.85. The van der Waals surface area contributed by atoms with Crippen LogP contribution in [0.5, 0.6) is 0 Å². The Kier molecular flexibility index (Phi) is 6.82. The molecule has 102 valence electrons. The van der Waals surface area contributed by atoms with Crippen molar-refractivity contribution < 1.29 is 4.74 Å². The maximum atomic E-state index is 5.34. The molecular formula is C12H22N4OS. The van der Waals surface area contributed by atoms with E-state index < -0.39 is 0 Å². The molecule has 1 aromatic rings. The van der Waals surface area contributed by atoms with Gasteiger partial charge in [0, 0.05) is 31.5 Å². The molecule has 0 aliphatic carbocycles. The van der Waals surface area contributed by atoms with Crippen molar-refractivity contribution in [1.29, 1.82) is 0 Å². The van der Waals surface area contributed by atoms with Crippen LogP contribution in [-0.4, -0.2) is 41.7 Å². The topological polar surface area (TPSA) is 59.1 Å². The van der Waals surface area contributed by atoms with Gasteiger partial charge >= 0.3 is 0 Å². The summed E-state index contributed by atoms with van der Waals surface area (Å²) in [7, 11) is 1.85. The summed E-state index contributed by atoms with van der Waals surface area (Å²) in [5, 5.41) is 6.40. The van der Waals surface area contributed by atoms with Gasteiger partial charge in [-0.05, 0) is 20.1 Å². The molecule has 0 amide bonds. The first-order valence-corrected chi connectivity index (χ1v) is 7.47. The lowest BCUT2D eigenvalue weighted by molar-refractivity contribution is 0.128. The van der Waals surface area contributed by atoms with Crippen molar-refractivity contribution in [1.82, 2.24) is 9.97 Å². The molecule has 6 heteroatoms. The van der Waals surface area contributed by atoms with E-state index >= 15 is 0 Å². The molecular weight excluding hydrogens is 248 g/mol. The molecule has 0 aliphatic rings. The number of ether oxygens (including phenoxy) is 1. The van der Waals surface area contributed by atoms with Gasteiger partial charge in [-0.25, -0.2) is 9.97 Å². The van der Waals surface area contributed by atoms with Crippen LogP contribution >= 0.6 is 11.8 Å². The summed E-state index contributed by atoms with van der Waals surface area (Å²) >= 11 is 1.81. The number of thioether (sulfide) groups is 1. The van der Waals surface area contributed by atoms with Crippen molar-refractivity contribution >= 4 is 23.4 Å². The van der Waals surface area contributed by atoms with Crippen molar-refractivity contribution in [2.45, 2.75) is 26.5 Å². The zero-order chi connectivity index (χ0) is 13.4. The fraction of sp³-hybridized carbons (Fsp3) is 0.667. The smallest absolute Gasteiger partial charge is 0.158 e. The Morgan fingerprint density at radius 2 is 2.11 bits per heavy atom. The Hall–Kier alpha value is -1.01. The zero-order valence-corrected chi connectivity index (χ0v) is 12.3. The molecule has 0 saturated carbocycles. The normalized spacial score (nSPS) is 12.2. The molecule has 0 saturated heterocycles. The maximum Gasteiger partial charge on any atom is 0.158 e. The molecule has 0 bridgehead atoms. The highest BCUT2D eigenvalue weighted by molar-refractivity contribution is 7.98. The summed E-state index contributed by atoms with van der Waals surface area (Å²) in [6.45, 7) is 5.21. The summed E-state index contributed by atoms with van der Waals surface area (Å²) in [6, 6.07) is 2.28. The summed E-state index contributed by atoms with van der Waals surface area (Å²) in [4.78, 5) is 8.79. The van der Waals surface area contributed by atoms with E-state index in [1.165, 1.54) is 0 Å². The van der Waals surface area contributed by atoms with Crippen LogP contribution in [0.25, 0.3) is 0 Å². The van der Waals surface area contributed by atoms with Gasteiger partial charge in [-0.1, -0.05) is 0 Å². The van der Waals surface area contributed by atoms with E-state index in [1.54, 1.807) is 0 Å². The minimum atomic E-state index is 0.375. The number of nitrogens with zero attached hydrogens (tertiary/aromatic N) is 2. The molecule has 5 nitrogen and oxygen atoms in total. The highest BCUT2D eigenvalue weighted by Crippen LogP contribution is 2.13. The van der Waals surface area contributed by atoms with Gasteiger partial charge in [0.1, 0.15) is 18.2 Å².